The largest absolute Gasteiger partial charge is 0.449 e. The molecule has 3 nitrogen and oxygen atoms in total. The summed E-state index contributed by atoms with van der Waals surface area (Å²) >= 11 is 0. The SMILES string of the molecule is CC(CC=O)Cc1cnco1. The zero-order valence-corrected chi connectivity index (χ0v) is 6.49. The first kappa shape index (κ1) is 7.98. The van der Waals surface area contributed by atoms with Gasteiger partial charge in [-0.3, -0.25) is 0 Å². The maximum Gasteiger partial charge on any atom is 0.180 e. The molecule has 0 aliphatic heterocycles. The fourth-order valence-corrected chi connectivity index (χ4v) is 0.934. The van der Waals surface area contributed by atoms with Crippen molar-refractivity contribution in [1.29, 1.82) is 0 Å². The first-order chi connectivity index (χ1) is 5.33. The van der Waals surface area contributed by atoms with Gasteiger partial charge in [0.2, 0.25) is 0 Å². The summed E-state index contributed by atoms with van der Waals surface area (Å²) in [6.07, 6.45) is 5.39. The maximum atomic E-state index is 10.1. The molecule has 1 atom stereocenters. The molecule has 1 unspecified atom stereocenters. The Hall–Kier alpha value is -1.12. The van der Waals surface area contributed by atoms with Crippen LogP contribution in [0.25, 0.3) is 0 Å². The smallest absolute Gasteiger partial charge is 0.180 e. The van der Waals surface area contributed by atoms with E-state index in [2.05, 4.69) is 4.98 Å². The Labute approximate surface area is 65.4 Å². The third kappa shape index (κ3) is 2.53. The second-order valence-corrected chi connectivity index (χ2v) is 2.68. The second kappa shape index (κ2) is 3.91. The predicted molar refractivity (Wildman–Crippen MR) is 40.1 cm³/mol. The molecule has 60 valence electrons. The van der Waals surface area contributed by atoms with Crippen molar-refractivity contribution in [1.82, 2.24) is 4.98 Å². The van der Waals surface area contributed by atoms with Gasteiger partial charge in [0.25, 0.3) is 0 Å². The molecule has 0 N–H and O–H groups in total. The number of rotatable bonds is 4. The maximum absolute atomic E-state index is 10.1. The van der Waals surface area contributed by atoms with E-state index in [1.807, 2.05) is 6.92 Å². The standard InChI is InChI=1S/C8H11NO2/c1-7(2-3-10)4-8-5-9-6-11-8/h3,5-7H,2,4H2,1H3. The Morgan fingerprint density at radius 1 is 1.82 bits per heavy atom. The summed E-state index contributed by atoms with van der Waals surface area (Å²) in [5.41, 5.74) is 0. The summed E-state index contributed by atoms with van der Waals surface area (Å²) in [4.78, 5) is 13.9. The molecular formula is C8H11NO2. The van der Waals surface area contributed by atoms with Gasteiger partial charge in [-0.15, -0.1) is 0 Å². The topological polar surface area (TPSA) is 43.1 Å². The van der Waals surface area contributed by atoms with E-state index < -0.39 is 0 Å². The molecule has 3 heteroatoms. The molecule has 1 aromatic heterocycles. The van der Waals surface area contributed by atoms with Crippen LogP contribution in [0.3, 0.4) is 0 Å². The van der Waals surface area contributed by atoms with Crippen LogP contribution in [0.4, 0.5) is 0 Å². The lowest BCUT2D eigenvalue weighted by Crippen LogP contribution is -1.98. The van der Waals surface area contributed by atoms with Crippen LogP contribution in [0.2, 0.25) is 0 Å². The van der Waals surface area contributed by atoms with Crippen molar-refractivity contribution in [2.75, 3.05) is 0 Å². The molecule has 0 saturated heterocycles. The molecule has 0 aliphatic rings. The van der Waals surface area contributed by atoms with Crippen LogP contribution in [-0.2, 0) is 11.2 Å². The van der Waals surface area contributed by atoms with Gasteiger partial charge < -0.3 is 9.21 Å². The van der Waals surface area contributed by atoms with E-state index in [9.17, 15) is 4.79 Å². The predicted octanol–water partition coefficient (Wildman–Crippen LogP) is 1.44. The Balaban J connectivity index is 2.37. The molecule has 1 rings (SSSR count). The number of nitrogens with zero attached hydrogens (tertiary/aromatic N) is 1. The molecule has 1 heterocycles. The highest BCUT2D eigenvalue weighted by Crippen LogP contribution is 2.09. The molecular weight excluding hydrogens is 142 g/mol. The monoisotopic (exact) mass is 153 g/mol. The van der Waals surface area contributed by atoms with Crippen LogP contribution in [0.15, 0.2) is 17.0 Å². The van der Waals surface area contributed by atoms with Crippen LogP contribution in [0, 0.1) is 5.92 Å². The van der Waals surface area contributed by atoms with Gasteiger partial charge in [-0.1, -0.05) is 6.92 Å². The van der Waals surface area contributed by atoms with Crippen molar-refractivity contribution >= 4 is 6.29 Å². The average Bonchev–Trinajstić information content (AvgIpc) is 2.40. The van der Waals surface area contributed by atoms with Gasteiger partial charge in [0, 0.05) is 12.8 Å². The summed E-state index contributed by atoms with van der Waals surface area (Å²) in [6, 6.07) is 0. The van der Waals surface area contributed by atoms with Gasteiger partial charge in [0.05, 0.1) is 6.20 Å². The second-order valence-electron chi connectivity index (χ2n) is 2.68. The number of aromatic nitrogens is 1. The van der Waals surface area contributed by atoms with Crippen molar-refractivity contribution in [2.24, 2.45) is 5.92 Å². The highest BCUT2D eigenvalue weighted by Gasteiger charge is 2.04. The van der Waals surface area contributed by atoms with Gasteiger partial charge in [-0.2, -0.15) is 0 Å². The Kier molecular flexibility index (Phi) is 2.83. The van der Waals surface area contributed by atoms with E-state index in [1.54, 1.807) is 6.20 Å². The fraction of sp³-hybridized carbons (Fsp3) is 0.500. The third-order valence-corrected chi connectivity index (χ3v) is 1.53. The molecule has 0 spiro atoms. The first-order valence-electron chi connectivity index (χ1n) is 3.64. The highest BCUT2D eigenvalue weighted by molar-refractivity contribution is 5.49. The molecule has 0 fully saturated rings. The number of aldehydes is 1. The molecule has 0 bridgehead atoms. The van der Waals surface area contributed by atoms with E-state index in [0.29, 0.717) is 12.3 Å². The van der Waals surface area contributed by atoms with Gasteiger partial charge >= 0.3 is 0 Å². The van der Waals surface area contributed by atoms with E-state index in [0.717, 1.165) is 18.5 Å². The van der Waals surface area contributed by atoms with Crippen LogP contribution >= 0.6 is 0 Å². The number of hydrogen-bond acceptors (Lipinski definition) is 3. The van der Waals surface area contributed by atoms with Gasteiger partial charge in [-0.25, -0.2) is 4.98 Å². The van der Waals surface area contributed by atoms with Crippen molar-refractivity contribution in [3.63, 3.8) is 0 Å². The quantitative estimate of drug-likeness (QED) is 0.615. The van der Waals surface area contributed by atoms with Crippen LogP contribution in [0.1, 0.15) is 19.1 Å². The molecule has 1 aromatic rings. The summed E-state index contributed by atoms with van der Waals surface area (Å²) in [7, 11) is 0. The van der Waals surface area contributed by atoms with Crippen molar-refractivity contribution in [3.8, 4) is 0 Å². The Morgan fingerprint density at radius 3 is 3.18 bits per heavy atom. The van der Waals surface area contributed by atoms with Crippen LogP contribution < -0.4 is 0 Å². The molecule has 0 aliphatic carbocycles. The van der Waals surface area contributed by atoms with E-state index >= 15 is 0 Å². The first-order valence-corrected chi connectivity index (χ1v) is 3.64. The van der Waals surface area contributed by atoms with Crippen molar-refractivity contribution in [3.05, 3.63) is 18.4 Å². The van der Waals surface area contributed by atoms with Crippen molar-refractivity contribution in [2.45, 2.75) is 19.8 Å². The fourth-order valence-electron chi connectivity index (χ4n) is 0.934. The summed E-state index contributed by atoms with van der Waals surface area (Å²) in [5, 5.41) is 0. The van der Waals surface area contributed by atoms with E-state index in [4.69, 9.17) is 4.42 Å². The zero-order valence-electron chi connectivity index (χ0n) is 6.49. The summed E-state index contributed by atoms with van der Waals surface area (Å²) < 4.78 is 5.02. The molecule has 11 heavy (non-hydrogen) atoms. The Bertz CT molecular complexity index is 206. The van der Waals surface area contributed by atoms with Crippen molar-refractivity contribution < 1.29 is 9.21 Å². The van der Waals surface area contributed by atoms with E-state index in [-0.39, 0.29) is 0 Å². The number of carbonyl (C=O) groups excluding carboxylic acids is 1. The Morgan fingerprint density at radius 2 is 2.64 bits per heavy atom. The van der Waals surface area contributed by atoms with E-state index in [1.165, 1.54) is 6.39 Å². The number of oxazole rings is 1. The summed E-state index contributed by atoms with van der Waals surface area (Å²) in [5.74, 6) is 1.19. The lowest BCUT2D eigenvalue weighted by atomic mass is 10.0. The number of carbonyl (C=O) groups is 1. The highest BCUT2D eigenvalue weighted by atomic mass is 16.3. The van der Waals surface area contributed by atoms with Gasteiger partial charge in [0.1, 0.15) is 12.0 Å². The summed E-state index contributed by atoms with van der Waals surface area (Å²) in [6.45, 7) is 2.01. The number of hydrogen-bond donors (Lipinski definition) is 0. The van der Waals surface area contributed by atoms with Crippen LogP contribution in [0.5, 0.6) is 0 Å². The lowest BCUT2D eigenvalue weighted by molar-refractivity contribution is -0.108. The molecule has 0 radical (unpaired) electrons. The van der Waals surface area contributed by atoms with Crippen LogP contribution in [-0.4, -0.2) is 11.3 Å². The zero-order chi connectivity index (χ0) is 8.10. The average molecular weight is 153 g/mol. The molecule has 0 aromatic carbocycles. The normalized spacial score (nSPS) is 12.8. The minimum Gasteiger partial charge on any atom is -0.449 e. The molecule has 0 amide bonds. The van der Waals surface area contributed by atoms with Gasteiger partial charge in [-0.05, 0) is 5.92 Å². The molecule has 0 saturated carbocycles. The lowest BCUT2D eigenvalue weighted by Gasteiger charge is -2.02. The minimum atomic E-state index is 0.348. The minimum absolute atomic E-state index is 0.348. The third-order valence-electron chi connectivity index (χ3n) is 1.53. The van der Waals surface area contributed by atoms with Gasteiger partial charge in [0.15, 0.2) is 6.39 Å².